The Labute approximate surface area is 107 Å². The van der Waals surface area contributed by atoms with Gasteiger partial charge in [-0.2, -0.15) is 0 Å². The van der Waals surface area contributed by atoms with Crippen LogP contribution in [0.5, 0.6) is 5.75 Å². The van der Waals surface area contributed by atoms with Gasteiger partial charge in [0.05, 0.1) is 11.2 Å². The van der Waals surface area contributed by atoms with Crippen molar-refractivity contribution in [1.29, 1.82) is 0 Å². The van der Waals surface area contributed by atoms with E-state index in [9.17, 15) is 9.90 Å². The van der Waals surface area contributed by atoms with E-state index in [2.05, 4.69) is 0 Å². The summed E-state index contributed by atoms with van der Waals surface area (Å²) in [5.74, 6) is -0.525. The Morgan fingerprint density at radius 2 is 1.78 bits per heavy atom. The average Bonchev–Trinajstić information content (AvgIpc) is 2.18. The van der Waals surface area contributed by atoms with Crippen molar-refractivity contribution in [3.05, 3.63) is 29.3 Å². The zero-order chi connectivity index (χ0) is 14.1. The molecule has 0 aliphatic rings. The van der Waals surface area contributed by atoms with Gasteiger partial charge in [0.25, 0.3) is 0 Å². The third-order valence-corrected chi connectivity index (χ3v) is 3.27. The number of benzene rings is 1. The van der Waals surface area contributed by atoms with Crippen LogP contribution in [-0.2, 0) is 0 Å². The molecule has 0 amide bonds. The summed E-state index contributed by atoms with van der Waals surface area (Å²) in [4.78, 5) is 10.9. The average molecular weight is 252 g/mol. The molecule has 0 bridgehead atoms. The largest absolute Gasteiger partial charge is 0.485 e. The molecule has 0 saturated heterocycles. The van der Waals surface area contributed by atoms with Gasteiger partial charge in [-0.25, -0.2) is 4.79 Å². The van der Waals surface area contributed by atoms with Gasteiger partial charge in [0.1, 0.15) is 11.4 Å². The molecule has 4 heteroatoms. The maximum atomic E-state index is 10.9. The molecule has 0 radical (unpaired) electrons. The Balaban J connectivity index is 3.11. The Bertz CT molecular complexity index is 455. The molecule has 1 aromatic rings. The van der Waals surface area contributed by atoms with Crippen molar-refractivity contribution < 1.29 is 19.7 Å². The molecular weight excluding hydrogens is 232 g/mol. The molecule has 1 aromatic carbocycles. The molecule has 0 fully saturated rings. The smallest absolute Gasteiger partial charge is 0.335 e. The molecule has 0 heterocycles. The van der Waals surface area contributed by atoms with E-state index in [-0.39, 0.29) is 5.56 Å². The van der Waals surface area contributed by atoms with Crippen molar-refractivity contribution in [2.75, 3.05) is 0 Å². The van der Waals surface area contributed by atoms with Crippen LogP contribution in [0.25, 0.3) is 0 Å². The number of carbonyl (C=O) groups is 1. The van der Waals surface area contributed by atoms with Crippen molar-refractivity contribution in [1.82, 2.24) is 0 Å². The fourth-order valence-electron chi connectivity index (χ4n) is 1.24. The van der Waals surface area contributed by atoms with E-state index in [0.29, 0.717) is 5.75 Å². The van der Waals surface area contributed by atoms with E-state index in [1.54, 1.807) is 33.8 Å². The first kappa shape index (κ1) is 14.5. The van der Waals surface area contributed by atoms with Gasteiger partial charge >= 0.3 is 5.97 Å². The molecule has 0 atom stereocenters. The quantitative estimate of drug-likeness (QED) is 0.864. The third-order valence-electron chi connectivity index (χ3n) is 3.27. The number of rotatable bonds is 4. The van der Waals surface area contributed by atoms with Gasteiger partial charge in [-0.05, 0) is 52.3 Å². The monoisotopic (exact) mass is 252 g/mol. The molecular formula is C14H20O4. The number of carboxylic acid groups (broad SMARTS) is 1. The number of ether oxygens (including phenoxy) is 1. The minimum absolute atomic E-state index is 0.169. The van der Waals surface area contributed by atoms with Crippen molar-refractivity contribution in [2.45, 2.75) is 45.8 Å². The van der Waals surface area contributed by atoms with Gasteiger partial charge in [0.15, 0.2) is 0 Å². The first-order chi connectivity index (χ1) is 8.04. The summed E-state index contributed by atoms with van der Waals surface area (Å²) in [5, 5.41) is 19.0. The fourth-order valence-corrected chi connectivity index (χ4v) is 1.24. The van der Waals surface area contributed by atoms with Crippen molar-refractivity contribution in [3.8, 4) is 5.75 Å². The predicted octanol–water partition coefficient (Wildman–Crippen LogP) is 2.62. The third kappa shape index (κ3) is 3.01. The van der Waals surface area contributed by atoms with Crippen LogP contribution in [0.1, 0.15) is 43.6 Å². The summed E-state index contributed by atoms with van der Waals surface area (Å²) < 4.78 is 5.77. The van der Waals surface area contributed by atoms with Gasteiger partial charge in [0.2, 0.25) is 0 Å². The first-order valence-electron chi connectivity index (χ1n) is 5.80. The Hall–Kier alpha value is -1.55. The molecule has 4 nitrogen and oxygen atoms in total. The van der Waals surface area contributed by atoms with E-state index in [1.807, 2.05) is 6.92 Å². The maximum Gasteiger partial charge on any atom is 0.335 e. The van der Waals surface area contributed by atoms with E-state index in [4.69, 9.17) is 9.84 Å². The number of carboxylic acids is 1. The van der Waals surface area contributed by atoms with Gasteiger partial charge < -0.3 is 14.9 Å². The Morgan fingerprint density at radius 3 is 2.22 bits per heavy atom. The minimum atomic E-state index is -1.04. The molecule has 1 rings (SSSR count). The van der Waals surface area contributed by atoms with Crippen LogP contribution in [0.15, 0.2) is 18.2 Å². The summed E-state index contributed by atoms with van der Waals surface area (Å²) in [6.07, 6.45) is 0. The highest BCUT2D eigenvalue weighted by Gasteiger charge is 2.37. The highest BCUT2D eigenvalue weighted by molar-refractivity contribution is 5.88. The Kier molecular flexibility index (Phi) is 3.72. The molecule has 0 unspecified atom stereocenters. The SMILES string of the molecule is Cc1ccc(C(=O)O)cc1OC(C)(C)C(C)(C)O. The standard InChI is InChI=1S/C14H20O4/c1-9-6-7-10(12(15)16)8-11(9)18-14(4,5)13(2,3)17/h6-8,17H,1-5H3,(H,15,16). The zero-order valence-electron chi connectivity index (χ0n) is 11.4. The normalized spacial score (nSPS) is 12.3. The molecule has 0 aliphatic carbocycles. The number of aryl methyl sites for hydroxylation is 1. The molecule has 18 heavy (non-hydrogen) atoms. The predicted molar refractivity (Wildman–Crippen MR) is 69.1 cm³/mol. The number of aliphatic hydroxyl groups is 1. The van der Waals surface area contributed by atoms with Crippen LogP contribution in [0.3, 0.4) is 0 Å². The lowest BCUT2D eigenvalue weighted by Crippen LogP contribution is -2.49. The van der Waals surface area contributed by atoms with E-state index < -0.39 is 17.2 Å². The van der Waals surface area contributed by atoms with Gasteiger partial charge in [-0.3, -0.25) is 0 Å². The fraction of sp³-hybridized carbons (Fsp3) is 0.500. The number of aromatic carboxylic acids is 1. The van der Waals surface area contributed by atoms with E-state index in [0.717, 1.165) is 5.56 Å². The molecule has 2 N–H and O–H groups in total. The summed E-state index contributed by atoms with van der Waals surface area (Å²) in [5.41, 5.74) is -0.868. The van der Waals surface area contributed by atoms with Crippen LogP contribution >= 0.6 is 0 Å². The lowest BCUT2D eigenvalue weighted by Gasteiger charge is -2.37. The topological polar surface area (TPSA) is 66.8 Å². The highest BCUT2D eigenvalue weighted by Crippen LogP contribution is 2.30. The number of hydrogen-bond donors (Lipinski definition) is 2. The van der Waals surface area contributed by atoms with Gasteiger partial charge in [-0.15, -0.1) is 0 Å². The second-order valence-corrected chi connectivity index (χ2v) is 5.46. The first-order valence-corrected chi connectivity index (χ1v) is 5.80. The molecule has 0 saturated carbocycles. The van der Waals surface area contributed by atoms with E-state index in [1.165, 1.54) is 12.1 Å². The lowest BCUT2D eigenvalue weighted by atomic mass is 9.89. The van der Waals surface area contributed by atoms with Gasteiger partial charge in [-0.1, -0.05) is 6.07 Å². The minimum Gasteiger partial charge on any atom is -0.485 e. The van der Waals surface area contributed by atoms with E-state index >= 15 is 0 Å². The van der Waals surface area contributed by atoms with Crippen LogP contribution in [-0.4, -0.2) is 27.4 Å². The lowest BCUT2D eigenvalue weighted by molar-refractivity contribution is -0.0909. The van der Waals surface area contributed by atoms with Crippen molar-refractivity contribution in [2.24, 2.45) is 0 Å². The molecule has 100 valence electrons. The molecule has 0 spiro atoms. The second kappa shape index (κ2) is 4.61. The summed E-state index contributed by atoms with van der Waals surface area (Å²) in [6, 6.07) is 4.70. The molecule has 0 aromatic heterocycles. The Morgan fingerprint density at radius 1 is 1.22 bits per heavy atom. The number of hydrogen-bond acceptors (Lipinski definition) is 3. The zero-order valence-corrected chi connectivity index (χ0v) is 11.4. The van der Waals surface area contributed by atoms with Crippen LogP contribution in [0.4, 0.5) is 0 Å². The van der Waals surface area contributed by atoms with Crippen LogP contribution < -0.4 is 4.74 Å². The molecule has 0 aliphatic heterocycles. The van der Waals surface area contributed by atoms with Crippen LogP contribution in [0.2, 0.25) is 0 Å². The summed E-state index contributed by atoms with van der Waals surface area (Å²) >= 11 is 0. The van der Waals surface area contributed by atoms with Crippen molar-refractivity contribution >= 4 is 5.97 Å². The second-order valence-electron chi connectivity index (χ2n) is 5.46. The highest BCUT2D eigenvalue weighted by atomic mass is 16.5. The van der Waals surface area contributed by atoms with Crippen LogP contribution in [0, 0.1) is 6.92 Å². The maximum absolute atomic E-state index is 10.9. The van der Waals surface area contributed by atoms with Crippen molar-refractivity contribution in [3.63, 3.8) is 0 Å². The van der Waals surface area contributed by atoms with Gasteiger partial charge in [0, 0.05) is 0 Å². The summed E-state index contributed by atoms with van der Waals surface area (Å²) in [6.45, 7) is 8.67. The summed E-state index contributed by atoms with van der Waals surface area (Å²) in [7, 11) is 0.